The Hall–Kier alpha value is -1.02. The van der Waals surface area contributed by atoms with Crippen LogP contribution in [0.15, 0.2) is 18.3 Å². The maximum atomic E-state index is 12.4. The lowest BCUT2D eigenvalue weighted by Gasteiger charge is -2.33. The maximum absolute atomic E-state index is 12.4. The fraction of sp³-hybridized carbons (Fsp3) is 0.562. The van der Waals surface area contributed by atoms with Crippen LogP contribution >= 0.6 is 35.8 Å². The number of carbonyl (C=O) groups is 2. The van der Waals surface area contributed by atoms with E-state index < -0.39 is 6.04 Å². The molecule has 140 valence electrons. The van der Waals surface area contributed by atoms with Crippen LogP contribution in [0.2, 0.25) is 5.02 Å². The summed E-state index contributed by atoms with van der Waals surface area (Å²) in [6, 6.07) is 2.84. The zero-order valence-electron chi connectivity index (χ0n) is 14.1. The summed E-state index contributed by atoms with van der Waals surface area (Å²) in [6.45, 7) is 1.07. The average Bonchev–Trinajstić information content (AvgIpc) is 2.61. The van der Waals surface area contributed by atoms with Gasteiger partial charge in [-0.15, -0.1) is 12.4 Å². The lowest BCUT2D eigenvalue weighted by atomic mass is 9.96. The van der Waals surface area contributed by atoms with Crippen LogP contribution in [-0.4, -0.2) is 52.8 Å². The summed E-state index contributed by atoms with van der Waals surface area (Å²) in [5, 5.41) is 3.30. The van der Waals surface area contributed by atoms with Gasteiger partial charge in [0.05, 0.1) is 17.0 Å². The van der Waals surface area contributed by atoms with Crippen molar-refractivity contribution in [1.82, 2.24) is 9.88 Å². The van der Waals surface area contributed by atoms with Gasteiger partial charge < -0.3 is 16.0 Å². The third-order valence-corrected chi connectivity index (χ3v) is 4.90. The molecule has 0 saturated carbocycles. The summed E-state index contributed by atoms with van der Waals surface area (Å²) < 4.78 is 0. The van der Waals surface area contributed by atoms with Crippen LogP contribution in [0.5, 0.6) is 0 Å². The molecule has 2 unspecified atom stereocenters. The van der Waals surface area contributed by atoms with Gasteiger partial charge in [0.2, 0.25) is 11.8 Å². The number of piperidine rings is 1. The van der Waals surface area contributed by atoms with Crippen LogP contribution in [0.25, 0.3) is 0 Å². The number of nitrogens with zero attached hydrogens (tertiary/aromatic N) is 2. The average molecular weight is 407 g/mol. The molecule has 3 N–H and O–H groups in total. The normalized spacial score (nSPS) is 18.2. The van der Waals surface area contributed by atoms with Crippen molar-refractivity contribution in [3.63, 3.8) is 0 Å². The number of thioether (sulfide) groups is 1. The van der Waals surface area contributed by atoms with E-state index in [1.807, 2.05) is 6.26 Å². The van der Waals surface area contributed by atoms with Crippen molar-refractivity contribution in [2.45, 2.75) is 25.3 Å². The minimum Gasteiger partial charge on any atom is -0.341 e. The molecule has 9 heteroatoms. The Morgan fingerprint density at radius 2 is 2.28 bits per heavy atom. The number of nitrogens with two attached hydrogens (primary N) is 1. The Labute approximate surface area is 163 Å². The van der Waals surface area contributed by atoms with E-state index >= 15 is 0 Å². The number of nitrogens with one attached hydrogen (secondary N) is 1. The molecule has 1 saturated heterocycles. The molecular weight excluding hydrogens is 383 g/mol. The van der Waals surface area contributed by atoms with E-state index in [2.05, 4.69) is 10.3 Å². The molecule has 1 fully saturated rings. The van der Waals surface area contributed by atoms with E-state index in [4.69, 9.17) is 17.3 Å². The smallest absolute Gasteiger partial charge is 0.239 e. The van der Waals surface area contributed by atoms with Crippen molar-refractivity contribution < 1.29 is 9.59 Å². The van der Waals surface area contributed by atoms with Gasteiger partial charge >= 0.3 is 0 Å². The second-order valence-corrected chi connectivity index (χ2v) is 7.28. The van der Waals surface area contributed by atoms with Gasteiger partial charge in [-0.2, -0.15) is 11.8 Å². The molecule has 2 rings (SSSR count). The molecule has 6 nitrogen and oxygen atoms in total. The van der Waals surface area contributed by atoms with E-state index in [1.54, 1.807) is 28.8 Å². The molecule has 2 amide bonds. The molecule has 0 bridgehead atoms. The molecule has 1 aromatic rings. The van der Waals surface area contributed by atoms with Crippen LogP contribution in [0.3, 0.4) is 0 Å². The Balaban J connectivity index is 0.00000312. The molecule has 1 aliphatic rings. The first kappa shape index (κ1) is 22.0. The van der Waals surface area contributed by atoms with Crippen LogP contribution < -0.4 is 11.1 Å². The second kappa shape index (κ2) is 10.9. The van der Waals surface area contributed by atoms with E-state index in [0.29, 0.717) is 30.4 Å². The number of pyridine rings is 1. The lowest BCUT2D eigenvalue weighted by molar-refractivity contribution is -0.135. The van der Waals surface area contributed by atoms with Crippen LogP contribution in [0.1, 0.15) is 19.3 Å². The van der Waals surface area contributed by atoms with Gasteiger partial charge in [-0.05, 0) is 43.4 Å². The van der Waals surface area contributed by atoms with Crippen LogP contribution in [0, 0.1) is 5.92 Å². The first-order valence-electron chi connectivity index (χ1n) is 7.97. The number of rotatable bonds is 6. The molecule has 0 radical (unpaired) electrons. The van der Waals surface area contributed by atoms with Gasteiger partial charge in [0, 0.05) is 19.3 Å². The number of aromatic nitrogens is 1. The summed E-state index contributed by atoms with van der Waals surface area (Å²) in [6.07, 6.45) is 5.68. The van der Waals surface area contributed by atoms with Crippen LogP contribution in [0.4, 0.5) is 5.82 Å². The summed E-state index contributed by atoms with van der Waals surface area (Å²) in [7, 11) is 0. The van der Waals surface area contributed by atoms with E-state index in [1.165, 1.54) is 6.20 Å². The van der Waals surface area contributed by atoms with Crippen molar-refractivity contribution in [3.8, 4) is 0 Å². The highest BCUT2D eigenvalue weighted by Crippen LogP contribution is 2.20. The predicted octanol–water partition coefficient (Wildman–Crippen LogP) is 2.41. The number of hydrogen-bond donors (Lipinski definition) is 2. The standard InChI is InChI=1S/C16H23ClN4O2S.ClH/c1-24-8-6-13(18)16(23)21-7-2-3-11(10-21)15(22)20-14-5-4-12(17)9-19-14;/h4-5,9,11,13H,2-3,6-8,10,18H2,1H3,(H,19,20,22);1H. The second-order valence-electron chi connectivity index (χ2n) is 5.86. The Kier molecular flexibility index (Phi) is 9.56. The Morgan fingerprint density at radius 1 is 1.52 bits per heavy atom. The molecule has 2 atom stereocenters. The highest BCUT2D eigenvalue weighted by Gasteiger charge is 2.30. The monoisotopic (exact) mass is 406 g/mol. The molecule has 1 aliphatic heterocycles. The molecule has 0 aromatic carbocycles. The fourth-order valence-electron chi connectivity index (χ4n) is 2.67. The van der Waals surface area contributed by atoms with Crippen molar-refractivity contribution in [1.29, 1.82) is 0 Å². The minimum absolute atomic E-state index is 0. The molecule has 0 spiro atoms. The third kappa shape index (κ3) is 6.66. The van der Waals surface area contributed by atoms with Crippen molar-refractivity contribution in [3.05, 3.63) is 23.4 Å². The minimum atomic E-state index is -0.489. The largest absolute Gasteiger partial charge is 0.341 e. The topological polar surface area (TPSA) is 88.3 Å². The van der Waals surface area contributed by atoms with E-state index in [0.717, 1.165) is 18.6 Å². The Morgan fingerprint density at radius 3 is 2.92 bits per heavy atom. The highest BCUT2D eigenvalue weighted by atomic mass is 35.5. The van der Waals surface area contributed by atoms with E-state index in [-0.39, 0.29) is 30.1 Å². The van der Waals surface area contributed by atoms with Crippen LogP contribution in [-0.2, 0) is 9.59 Å². The molecule has 25 heavy (non-hydrogen) atoms. The molecular formula is C16H24Cl2N4O2S. The van der Waals surface area contributed by atoms with Gasteiger partial charge in [-0.3, -0.25) is 9.59 Å². The predicted molar refractivity (Wildman–Crippen MR) is 105 cm³/mol. The van der Waals surface area contributed by atoms with Crippen molar-refractivity contribution in [2.24, 2.45) is 11.7 Å². The number of halogens is 2. The first-order chi connectivity index (χ1) is 11.5. The van der Waals surface area contributed by atoms with E-state index in [9.17, 15) is 9.59 Å². The molecule has 1 aromatic heterocycles. The Bertz CT molecular complexity index is 574. The maximum Gasteiger partial charge on any atom is 0.239 e. The number of anilines is 1. The van der Waals surface area contributed by atoms with Gasteiger partial charge in [0.1, 0.15) is 5.82 Å². The van der Waals surface area contributed by atoms with Gasteiger partial charge in [0.15, 0.2) is 0 Å². The van der Waals surface area contributed by atoms with Gasteiger partial charge in [0.25, 0.3) is 0 Å². The number of hydrogen-bond acceptors (Lipinski definition) is 5. The fourth-order valence-corrected chi connectivity index (χ4v) is 3.27. The molecule has 2 heterocycles. The summed E-state index contributed by atoms with van der Waals surface area (Å²) in [4.78, 5) is 30.6. The third-order valence-electron chi connectivity index (χ3n) is 4.03. The number of amides is 2. The summed E-state index contributed by atoms with van der Waals surface area (Å²) in [5.41, 5.74) is 5.97. The zero-order valence-corrected chi connectivity index (χ0v) is 16.5. The lowest BCUT2D eigenvalue weighted by Crippen LogP contribution is -2.50. The first-order valence-corrected chi connectivity index (χ1v) is 9.74. The zero-order chi connectivity index (χ0) is 17.5. The van der Waals surface area contributed by atoms with Crippen molar-refractivity contribution >= 4 is 53.4 Å². The quantitative estimate of drug-likeness (QED) is 0.756. The summed E-state index contributed by atoms with van der Waals surface area (Å²) >= 11 is 7.45. The number of likely N-dealkylation sites (tertiary alicyclic amines) is 1. The summed E-state index contributed by atoms with van der Waals surface area (Å²) in [5.74, 6) is 0.885. The highest BCUT2D eigenvalue weighted by molar-refractivity contribution is 7.98. The van der Waals surface area contributed by atoms with Crippen molar-refractivity contribution in [2.75, 3.05) is 30.4 Å². The van der Waals surface area contributed by atoms with Gasteiger partial charge in [-0.1, -0.05) is 11.6 Å². The number of carbonyl (C=O) groups excluding carboxylic acids is 2. The molecule has 0 aliphatic carbocycles. The SMILES string of the molecule is CSCCC(N)C(=O)N1CCCC(C(=O)Nc2ccc(Cl)cn2)C1.Cl. The van der Waals surface area contributed by atoms with Gasteiger partial charge in [-0.25, -0.2) is 4.98 Å².